The fourth-order valence-corrected chi connectivity index (χ4v) is 4.90. The van der Waals surface area contributed by atoms with Crippen LogP contribution in [0.1, 0.15) is 11.1 Å². The molecule has 0 saturated carbocycles. The zero-order valence-corrected chi connectivity index (χ0v) is 20.1. The van der Waals surface area contributed by atoms with Gasteiger partial charge in [-0.15, -0.1) is 0 Å². The van der Waals surface area contributed by atoms with E-state index < -0.39 is 0 Å². The molecule has 0 radical (unpaired) electrons. The average Bonchev–Trinajstić information content (AvgIpc) is 3.08. The van der Waals surface area contributed by atoms with Gasteiger partial charge in [-0.2, -0.15) is 0 Å². The van der Waals surface area contributed by atoms with E-state index in [1.54, 1.807) is 12.2 Å². The van der Waals surface area contributed by atoms with Gasteiger partial charge in [0.1, 0.15) is 12.4 Å². The molecule has 0 aromatic heterocycles. The minimum Gasteiger partial charge on any atom is -0.489 e. The van der Waals surface area contributed by atoms with Gasteiger partial charge in [-0.1, -0.05) is 48.5 Å². The van der Waals surface area contributed by atoms with Crippen LogP contribution in [0.25, 0.3) is 6.08 Å². The number of carbonyl (C=O) groups is 2. The molecule has 172 valence electrons. The number of amides is 2. The first-order valence-corrected chi connectivity index (χ1v) is 12.1. The average molecular weight is 485 g/mol. The monoisotopic (exact) mass is 484 g/mol. The number of piperazine rings is 1. The number of thioether (sulfide) groups is 1. The first kappa shape index (κ1) is 23.4. The Kier molecular flexibility index (Phi) is 7.42. The Labute approximate surface area is 203 Å². The Balaban J connectivity index is 1.39. The van der Waals surface area contributed by atoms with Crippen LogP contribution in [0.3, 0.4) is 0 Å². The summed E-state index contributed by atoms with van der Waals surface area (Å²) in [6, 6.07) is 13.6. The number of halogens is 1. The zero-order chi connectivity index (χ0) is 23.4. The van der Waals surface area contributed by atoms with Gasteiger partial charge in [0.25, 0.3) is 11.1 Å². The fraction of sp³-hybridized carbons (Fsp3) is 0.280. The van der Waals surface area contributed by atoms with E-state index in [0.717, 1.165) is 59.8 Å². The zero-order valence-electron chi connectivity index (χ0n) is 18.6. The van der Waals surface area contributed by atoms with Gasteiger partial charge in [-0.25, -0.2) is 4.90 Å². The van der Waals surface area contributed by atoms with Crippen LogP contribution in [-0.4, -0.2) is 55.5 Å². The van der Waals surface area contributed by atoms with Gasteiger partial charge in [-0.05, 0) is 48.5 Å². The van der Waals surface area contributed by atoms with E-state index in [9.17, 15) is 9.59 Å². The molecule has 33 heavy (non-hydrogen) atoms. The Hall–Kier alpha value is -2.74. The number of hydrogen-bond donors (Lipinski definition) is 1. The Morgan fingerprint density at radius 3 is 2.67 bits per heavy atom. The van der Waals surface area contributed by atoms with Crippen molar-refractivity contribution in [3.8, 4) is 5.75 Å². The van der Waals surface area contributed by atoms with Crippen LogP contribution in [-0.2, 0) is 4.79 Å². The summed E-state index contributed by atoms with van der Waals surface area (Å²) in [6.45, 7) is 9.76. The van der Waals surface area contributed by atoms with Crippen molar-refractivity contribution in [3.05, 3.63) is 76.2 Å². The van der Waals surface area contributed by atoms with Crippen LogP contribution >= 0.6 is 23.4 Å². The number of aryl methyl sites for hydroxylation is 1. The molecule has 8 heteroatoms. The number of hydrogen-bond acceptors (Lipinski definition) is 5. The van der Waals surface area contributed by atoms with Crippen molar-refractivity contribution in [2.45, 2.75) is 6.92 Å². The number of para-hydroxylation sites is 1. The van der Waals surface area contributed by atoms with E-state index in [4.69, 9.17) is 16.3 Å². The van der Waals surface area contributed by atoms with Crippen LogP contribution in [0.15, 0.2) is 60.0 Å². The molecule has 0 unspecified atom stereocenters. The first-order chi connectivity index (χ1) is 16.0. The number of anilines is 1. The van der Waals surface area contributed by atoms with E-state index in [1.165, 1.54) is 9.80 Å². The topological polar surface area (TPSA) is 54.3 Å². The summed E-state index contributed by atoms with van der Waals surface area (Å²) in [4.78, 5) is 30.9. The normalized spacial score (nSPS) is 18.3. The summed E-state index contributed by atoms with van der Waals surface area (Å²) in [5.41, 5.74) is 2.94. The van der Waals surface area contributed by atoms with Crippen LogP contribution in [0.2, 0.25) is 5.02 Å². The number of ether oxygens (including phenoxy) is 1. The molecular formula is C25H27ClN3O3S+. The number of benzene rings is 2. The molecule has 2 fully saturated rings. The van der Waals surface area contributed by atoms with E-state index in [0.29, 0.717) is 23.9 Å². The molecule has 2 aliphatic heterocycles. The highest BCUT2D eigenvalue weighted by Crippen LogP contribution is 2.33. The Morgan fingerprint density at radius 2 is 1.94 bits per heavy atom. The highest BCUT2D eigenvalue weighted by atomic mass is 35.5. The lowest BCUT2D eigenvalue weighted by atomic mass is 10.2. The fourth-order valence-electron chi connectivity index (χ4n) is 3.90. The maximum atomic E-state index is 13.0. The molecule has 0 aliphatic carbocycles. The van der Waals surface area contributed by atoms with Gasteiger partial charge < -0.3 is 14.5 Å². The number of carbonyl (C=O) groups excluding carboxylic acids is 2. The quantitative estimate of drug-likeness (QED) is 0.480. The van der Waals surface area contributed by atoms with Crippen LogP contribution in [0.5, 0.6) is 5.75 Å². The largest absolute Gasteiger partial charge is 0.489 e. The summed E-state index contributed by atoms with van der Waals surface area (Å²) >= 11 is 7.26. The summed E-state index contributed by atoms with van der Waals surface area (Å²) in [6.07, 6.45) is 3.40. The first-order valence-electron chi connectivity index (χ1n) is 10.9. The molecule has 4 rings (SSSR count). The number of nitrogens with zero attached hydrogens (tertiary/aromatic N) is 2. The smallest absolute Gasteiger partial charge is 0.298 e. The van der Waals surface area contributed by atoms with Crippen molar-refractivity contribution in [1.29, 1.82) is 0 Å². The molecular weight excluding hydrogens is 458 g/mol. The highest BCUT2D eigenvalue weighted by molar-refractivity contribution is 8.18. The third-order valence-electron chi connectivity index (χ3n) is 5.81. The van der Waals surface area contributed by atoms with Gasteiger partial charge in [0, 0.05) is 16.3 Å². The van der Waals surface area contributed by atoms with Gasteiger partial charge in [0.05, 0.1) is 31.1 Å². The molecule has 0 spiro atoms. The Bertz CT molecular complexity index is 1100. The summed E-state index contributed by atoms with van der Waals surface area (Å²) in [7, 11) is 0. The minimum absolute atomic E-state index is 0.226. The molecule has 1 N–H and O–H groups in total. The van der Waals surface area contributed by atoms with E-state index in [2.05, 4.69) is 17.5 Å². The van der Waals surface area contributed by atoms with Crippen molar-refractivity contribution >= 4 is 46.3 Å². The molecule has 0 bridgehead atoms. The second-order valence-corrected chi connectivity index (χ2v) is 9.48. The number of rotatable bonds is 7. The third kappa shape index (κ3) is 5.43. The van der Waals surface area contributed by atoms with E-state index >= 15 is 0 Å². The molecule has 2 aliphatic rings. The van der Waals surface area contributed by atoms with Crippen LogP contribution in [0, 0.1) is 6.92 Å². The second kappa shape index (κ2) is 10.5. The lowest BCUT2D eigenvalue weighted by molar-refractivity contribution is -0.907. The molecule has 2 amide bonds. The van der Waals surface area contributed by atoms with Crippen molar-refractivity contribution in [2.75, 3.05) is 44.4 Å². The SMILES string of the molecule is C=CCOc1ccccc1/C=C1/SC(=O)N(C[NH+]2CCN(c3ccc(C)c(Cl)c3)CC2)C1=O. The van der Waals surface area contributed by atoms with E-state index in [-0.39, 0.29) is 11.1 Å². The lowest BCUT2D eigenvalue weighted by Crippen LogP contribution is -3.16. The van der Waals surface area contributed by atoms with Gasteiger partial charge in [-0.3, -0.25) is 9.59 Å². The highest BCUT2D eigenvalue weighted by Gasteiger charge is 2.38. The maximum Gasteiger partial charge on any atom is 0.298 e. The van der Waals surface area contributed by atoms with Crippen molar-refractivity contribution in [3.63, 3.8) is 0 Å². The minimum atomic E-state index is -0.247. The number of quaternary nitrogens is 1. The summed E-state index contributed by atoms with van der Waals surface area (Å²) in [5, 5.41) is 0.541. The number of nitrogens with one attached hydrogen (secondary N) is 1. The van der Waals surface area contributed by atoms with E-state index in [1.807, 2.05) is 43.3 Å². The lowest BCUT2D eigenvalue weighted by Gasteiger charge is -2.34. The molecule has 2 saturated heterocycles. The predicted molar refractivity (Wildman–Crippen MR) is 134 cm³/mol. The third-order valence-corrected chi connectivity index (χ3v) is 7.12. The standard InChI is InChI=1S/C25H26ClN3O3S/c1-3-14-32-22-7-5-4-6-19(22)15-23-24(30)29(25(31)33-23)17-27-10-12-28(13-11-27)20-9-8-18(2)21(26)16-20/h3-9,15-16H,1,10-14,17H2,2H3/p+1/b23-15+. The maximum absolute atomic E-state index is 13.0. The predicted octanol–water partition coefficient (Wildman–Crippen LogP) is 3.61. The van der Waals surface area contributed by atoms with Crippen molar-refractivity contribution in [2.24, 2.45) is 0 Å². The van der Waals surface area contributed by atoms with Crippen molar-refractivity contribution in [1.82, 2.24) is 4.90 Å². The molecule has 2 heterocycles. The molecule has 2 aromatic carbocycles. The van der Waals surface area contributed by atoms with Gasteiger partial charge >= 0.3 is 0 Å². The van der Waals surface area contributed by atoms with Crippen molar-refractivity contribution < 1.29 is 19.2 Å². The molecule has 0 atom stereocenters. The Morgan fingerprint density at radius 1 is 1.18 bits per heavy atom. The molecule has 6 nitrogen and oxygen atoms in total. The second-order valence-electron chi connectivity index (χ2n) is 8.08. The van der Waals surface area contributed by atoms with Crippen LogP contribution < -0.4 is 14.5 Å². The summed E-state index contributed by atoms with van der Waals surface area (Å²) in [5.74, 6) is 0.408. The summed E-state index contributed by atoms with van der Waals surface area (Å²) < 4.78 is 5.67. The number of imide groups is 1. The van der Waals surface area contributed by atoms with Gasteiger partial charge in [0.2, 0.25) is 0 Å². The van der Waals surface area contributed by atoms with Gasteiger partial charge in [0.15, 0.2) is 6.67 Å². The molecule has 2 aromatic rings. The van der Waals surface area contributed by atoms with Crippen LogP contribution in [0.4, 0.5) is 10.5 Å².